The van der Waals surface area contributed by atoms with Crippen molar-refractivity contribution >= 4 is 11.8 Å². The van der Waals surface area contributed by atoms with Gasteiger partial charge in [-0.3, -0.25) is 9.59 Å². The average molecular weight is 204 g/mol. The highest BCUT2D eigenvalue weighted by Crippen LogP contribution is 2.35. The molecule has 1 aromatic carbocycles. The molecule has 0 atom stereocenters. The summed E-state index contributed by atoms with van der Waals surface area (Å²) in [6, 6.07) is 3.40. The Morgan fingerprint density at radius 3 is 2.80 bits per heavy atom. The highest BCUT2D eigenvalue weighted by molar-refractivity contribution is 6.02. The molecule has 76 valence electrons. The molecule has 0 aliphatic carbocycles. The first-order valence-electron chi connectivity index (χ1n) is 4.77. The van der Waals surface area contributed by atoms with Crippen LogP contribution in [0.1, 0.15) is 22.3 Å². The van der Waals surface area contributed by atoms with Gasteiger partial charge in [-0.25, -0.2) is 0 Å². The summed E-state index contributed by atoms with van der Waals surface area (Å²) in [5, 5.41) is 0. The van der Waals surface area contributed by atoms with Crippen LogP contribution in [0, 0.1) is 0 Å². The van der Waals surface area contributed by atoms with Crippen LogP contribution < -0.4 is 9.47 Å². The Morgan fingerprint density at radius 1 is 1.07 bits per heavy atom. The zero-order chi connectivity index (χ0) is 10.4. The molecule has 2 aliphatic heterocycles. The summed E-state index contributed by atoms with van der Waals surface area (Å²) >= 11 is 0. The SMILES string of the molecule is O=C1CCc2cc3c(cc2O1)OCC3=O. The molecule has 4 nitrogen and oxygen atoms in total. The largest absolute Gasteiger partial charge is 0.485 e. The molecule has 0 bridgehead atoms. The first kappa shape index (κ1) is 8.47. The Labute approximate surface area is 85.8 Å². The van der Waals surface area contributed by atoms with Crippen molar-refractivity contribution in [1.29, 1.82) is 0 Å². The van der Waals surface area contributed by atoms with Crippen LogP contribution in [0.5, 0.6) is 11.5 Å². The van der Waals surface area contributed by atoms with E-state index in [0.717, 1.165) is 5.56 Å². The fourth-order valence-electron chi connectivity index (χ4n) is 1.87. The van der Waals surface area contributed by atoms with Crippen LogP contribution in [0.4, 0.5) is 0 Å². The van der Waals surface area contributed by atoms with Crippen molar-refractivity contribution in [2.24, 2.45) is 0 Å². The zero-order valence-electron chi connectivity index (χ0n) is 7.91. The number of fused-ring (bicyclic) bond motifs is 2. The molecule has 0 radical (unpaired) electrons. The van der Waals surface area contributed by atoms with Crippen LogP contribution in [0.3, 0.4) is 0 Å². The first-order chi connectivity index (χ1) is 7.24. The van der Waals surface area contributed by atoms with Gasteiger partial charge in [0.1, 0.15) is 11.5 Å². The van der Waals surface area contributed by atoms with Crippen molar-refractivity contribution in [3.8, 4) is 11.5 Å². The number of rotatable bonds is 0. The number of esters is 1. The molecule has 0 spiro atoms. The molecule has 0 saturated heterocycles. The van der Waals surface area contributed by atoms with Gasteiger partial charge in [-0.15, -0.1) is 0 Å². The number of benzene rings is 1. The first-order valence-corrected chi connectivity index (χ1v) is 4.77. The van der Waals surface area contributed by atoms with Gasteiger partial charge in [0, 0.05) is 6.07 Å². The number of carbonyl (C=O) groups is 2. The van der Waals surface area contributed by atoms with Crippen molar-refractivity contribution in [2.75, 3.05) is 6.61 Å². The summed E-state index contributed by atoms with van der Waals surface area (Å²) in [6.45, 7) is 0.0895. The Balaban J connectivity index is 2.13. The van der Waals surface area contributed by atoms with E-state index in [0.29, 0.717) is 29.9 Å². The van der Waals surface area contributed by atoms with Gasteiger partial charge in [-0.05, 0) is 18.1 Å². The van der Waals surface area contributed by atoms with Gasteiger partial charge < -0.3 is 9.47 Å². The molecule has 3 rings (SSSR count). The average Bonchev–Trinajstić information content (AvgIpc) is 2.57. The van der Waals surface area contributed by atoms with Gasteiger partial charge in [0.05, 0.1) is 12.0 Å². The van der Waals surface area contributed by atoms with Crippen molar-refractivity contribution < 1.29 is 19.1 Å². The van der Waals surface area contributed by atoms with Crippen LogP contribution in [0.15, 0.2) is 12.1 Å². The van der Waals surface area contributed by atoms with Gasteiger partial charge >= 0.3 is 5.97 Å². The summed E-state index contributed by atoms with van der Waals surface area (Å²) in [5.41, 5.74) is 1.51. The van der Waals surface area contributed by atoms with E-state index in [2.05, 4.69) is 0 Å². The number of ketones is 1. The van der Waals surface area contributed by atoms with Crippen LogP contribution in [-0.2, 0) is 11.2 Å². The molecular weight excluding hydrogens is 196 g/mol. The maximum atomic E-state index is 11.4. The van der Waals surface area contributed by atoms with Gasteiger partial charge in [0.15, 0.2) is 6.61 Å². The summed E-state index contributed by atoms with van der Waals surface area (Å²) in [6.07, 6.45) is 1.01. The third-order valence-corrected chi connectivity index (χ3v) is 2.64. The third kappa shape index (κ3) is 1.21. The zero-order valence-corrected chi connectivity index (χ0v) is 7.91. The maximum Gasteiger partial charge on any atom is 0.311 e. The molecular formula is C11H8O4. The second kappa shape index (κ2) is 2.82. The number of hydrogen-bond donors (Lipinski definition) is 0. The van der Waals surface area contributed by atoms with Gasteiger partial charge in [-0.1, -0.05) is 0 Å². The minimum atomic E-state index is -0.230. The topological polar surface area (TPSA) is 52.6 Å². The number of hydrogen-bond acceptors (Lipinski definition) is 4. The van der Waals surface area contributed by atoms with E-state index >= 15 is 0 Å². The van der Waals surface area contributed by atoms with E-state index in [1.165, 1.54) is 0 Å². The van der Waals surface area contributed by atoms with Crippen LogP contribution in [0.25, 0.3) is 0 Å². The normalized spacial score (nSPS) is 17.9. The van der Waals surface area contributed by atoms with E-state index in [1.807, 2.05) is 0 Å². The third-order valence-electron chi connectivity index (χ3n) is 2.64. The van der Waals surface area contributed by atoms with Crippen LogP contribution >= 0.6 is 0 Å². The smallest absolute Gasteiger partial charge is 0.311 e. The number of ether oxygens (including phenoxy) is 2. The lowest BCUT2D eigenvalue weighted by atomic mass is 10.0. The molecule has 15 heavy (non-hydrogen) atoms. The molecule has 0 saturated carbocycles. The highest BCUT2D eigenvalue weighted by atomic mass is 16.5. The van der Waals surface area contributed by atoms with Gasteiger partial charge in [-0.2, -0.15) is 0 Å². The molecule has 0 N–H and O–H groups in total. The fourth-order valence-corrected chi connectivity index (χ4v) is 1.87. The molecule has 2 aliphatic rings. The van der Waals surface area contributed by atoms with Gasteiger partial charge in [0.25, 0.3) is 0 Å². The van der Waals surface area contributed by atoms with Crippen molar-refractivity contribution in [1.82, 2.24) is 0 Å². The molecule has 2 heterocycles. The van der Waals surface area contributed by atoms with E-state index in [1.54, 1.807) is 12.1 Å². The minimum absolute atomic E-state index is 0.00954. The Morgan fingerprint density at radius 2 is 1.93 bits per heavy atom. The monoisotopic (exact) mass is 204 g/mol. The van der Waals surface area contributed by atoms with Crippen molar-refractivity contribution in [3.63, 3.8) is 0 Å². The number of aryl methyl sites for hydroxylation is 1. The van der Waals surface area contributed by atoms with E-state index in [9.17, 15) is 9.59 Å². The summed E-state index contributed by atoms with van der Waals surface area (Å²) in [7, 11) is 0. The van der Waals surface area contributed by atoms with Crippen LogP contribution in [0.2, 0.25) is 0 Å². The van der Waals surface area contributed by atoms with Crippen molar-refractivity contribution in [3.05, 3.63) is 23.3 Å². The lowest BCUT2D eigenvalue weighted by molar-refractivity contribution is -0.135. The highest BCUT2D eigenvalue weighted by Gasteiger charge is 2.26. The fraction of sp³-hybridized carbons (Fsp3) is 0.273. The summed E-state index contributed by atoms with van der Waals surface area (Å²) in [4.78, 5) is 22.4. The van der Waals surface area contributed by atoms with Crippen LogP contribution in [-0.4, -0.2) is 18.4 Å². The second-order valence-electron chi connectivity index (χ2n) is 3.64. The predicted molar refractivity (Wildman–Crippen MR) is 50.2 cm³/mol. The molecule has 0 fully saturated rings. The Kier molecular flexibility index (Phi) is 1.59. The van der Waals surface area contributed by atoms with E-state index in [-0.39, 0.29) is 18.4 Å². The number of Topliss-reactive ketones (excluding diaryl/α,β-unsaturated/α-hetero) is 1. The second-order valence-corrected chi connectivity index (χ2v) is 3.64. The Hall–Kier alpha value is -1.84. The molecule has 4 heteroatoms. The standard InChI is InChI=1S/C11H8O4/c12-8-5-14-10-4-9-6(3-7(8)10)1-2-11(13)15-9/h3-4H,1-2,5H2. The molecule has 0 unspecified atom stereocenters. The van der Waals surface area contributed by atoms with Gasteiger partial charge in [0.2, 0.25) is 5.78 Å². The molecule has 1 aromatic rings. The lowest BCUT2D eigenvalue weighted by Crippen LogP contribution is -2.15. The summed E-state index contributed by atoms with van der Waals surface area (Å²) < 4.78 is 10.2. The quantitative estimate of drug-likeness (QED) is 0.469. The Bertz CT molecular complexity index is 476. The van der Waals surface area contributed by atoms with E-state index < -0.39 is 0 Å². The summed E-state index contributed by atoms with van der Waals surface area (Å²) in [5.74, 6) is 0.810. The van der Waals surface area contributed by atoms with Crippen molar-refractivity contribution in [2.45, 2.75) is 12.8 Å². The molecule has 0 amide bonds. The maximum absolute atomic E-state index is 11.4. The number of carbonyl (C=O) groups excluding carboxylic acids is 2. The minimum Gasteiger partial charge on any atom is -0.485 e. The lowest BCUT2D eigenvalue weighted by Gasteiger charge is -2.15. The predicted octanol–water partition coefficient (Wildman–Crippen LogP) is 1.11. The molecule has 0 aromatic heterocycles. The van der Waals surface area contributed by atoms with E-state index in [4.69, 9.17) is 9.47 Å².